The maximum Gasteiger partial charge on any atom is 0.242 e. The minimum atomic E-state index is -0.271. The molecule has 1 N–H and O–H groups in total. The molecule has 0 saturated carbocycles. The van der Waals surface area contributed by atoms with Gasteiger partial charge in [-0.15, -0.1) is 11.3 Å². The monoisotopic (exact) mass is 440 g/mol. The second kappa shape index (κ2) is 9.62. The molecule has 0 radical (unpaired) electrons. The summed E-state index contributed by atoms with van der Waals surface area (Å²) < 4.78 is 5.16. The largest absolute Gasteiger partial charge is 0.480 e. The molecule has 3 heterocycles. The second-order valence-corrected chi connectivity index (χ2v) is 9.09. The Kier molecular flexibility index (Phi) is 6.68. The Labute approximate surface area is 186 Å². The average molecular weight is 441 g/mol. The number of piperazine rings is 1. The first-order chi connectivity index (χ1) is 15.1. The zero-order chi connectivity index (χ0) is 21.8. The number of rotatable bonds is 5. The summed E-state index contributed by atoms with van der Waals surface area (Å²) in [7, 11) is 1.58. The summed E-state index contributed by atoms with van der Waals surface area (Å²) >= 11 is 1.59. The van der Waals surface area contributed by atoms with Crippen molar-refractivity contribution < 1.29 is 9.53 Å². The number of carbonyl (C=O) groups is 1. The van der Waals surface area contributed by atoms with Gasteiger partial charge in [-0.05, 0) is 38.2 Å². The summed E-state index contributed by atoms with van der Waals surface area (Å²) in [6.45, 7) is 4.95. The standard InChI is InChI=1S/C22H28N6O2S/c1-15(27-8-10-28(11-9-27)19-13-24-14-20(25-19)30-2)21(29)26-22-17(12-23)16-6-4-3-5-7-18(16)31-22/h13-15H,3-11H2,1-2H3,(H,26,29). The van der Waals surface area contributed by atoms with Crippen molar-refractivity contribution >= 4 is 28.1 Å². The van der Waals surface area contributed by atoms with Gasteiger partial charge in [0.1, 0.15) is 11.1 Å². The zero-order valence-corrected chi connectivity index (χ0v) is 18.9. The van der Waals surface area contributed by atoms with Gasteiger partial charge in [0.25, 0.3) is 0 Å². The van der Waals surface area contributed by atoms with Crippen molar-refractivity contribution in [2.75, 3.05) is 43.5 Å². The maximum atomic E-state index is 13.0. The quantitative estimate of drug-likeness (QED) is 0.715. The van der Waals surface area contributed by atoms with E-state index in [0.29, 0.717) is 11.4 Å². The summed E-state index contributed by atoms with van der Waals surface area (Å²) in [6.07, 6.45) is 8.75. The molecule has 1 fully saturated rings. The molecule has 1 amide bonds. The van der Waals surface area contributed by atoms with Crippen molar-refractivity contribution in [2.24, 2.45) is 0 Å². The van der Waals surface area contributed by atoms with Gasteiger partial charge in [-0.25, -0.2) is 0 Å². The predicted octanol–water partition coefficient (Wildman–Crippen LogP) is 2.84. The molecule has 1 aliphatic carbocycles. The van der Waals surface area contributed by atoms with Crippen LogP contribution in [0, 0.1) is 11.3 Å². The lowest BCUT2D eigenvalue weighted by molar-refractivity contribution is -0.120. The number of anilines is 2. The Morgan fingerprint density at radius 1 is 1.23 bits per heavy atom. The molecule has 1 unspecified atom stereocenters. The molecule has 4 rings (SSSR count). The molecule has 1 atom stereocenters. The summed E-state index contributed by atoms with van der Waals surface area (Å²) in [5.74, 6) is 1.23. The SMILES string of the molecule is COc1cncc(N2CCN(C(C)C(=O)Nc3sc4c(c3C#N)CCCCC4)CC2)n1. The molecule has 1 aliphatic heterocycles. The molecule has 8 nitrogen and oxygen atoms in total. The van der Waals surface area contributed by atoms with Crippen LogP contribution in [0.4, 0.5) is 10.8 Å². The molecular weight excluding hydrogens is 412 g/mol. The molecule has 31 heavy (non-hydrogen) atoms. The number of fused-ring (bicyclic) bond motifs is 1. The number of nitrogens with zero attached hydrogens (tertiary/aromatic N) is 5. The van der Waals surface area contributed by atoms with Crippen molar-refractivity contribution in [1.82, 2.24) is 14.9 Å². The average Bonchev–Trinajstić information content (AvgIpc) is 2.97. The lowest BCUT2D eigenvalue weighted by atomic mass is 10.1. The Hall–Kier alpha value is -2.70. The van der Waals surface area contributed by atoms with E-state index in [-0.39, 0.29) is 11.9 Å². The van der Waals surface area contributed by atoms with E-state index in [4.69, 9.17) is 4.74 Å². The highest BCUT2D eigenvalue weighted by Crippen LogP contribution is 2.37. The Morgan fingerprint density at radius 3 is 2.74 bits per heavy atom. The van der Waals surface area contributed by atoms with Gasteiger partial charge >= 0.3 is 0 Å². The van der Waals surface area contributed by atoms with Crippen molar-refractivity contribution in [3.63, 3.8) is 0 Å². The van der Waals surface area contributed by atoms with Crippen LogP contribution in [-0.2, 0) is 17.6 Å². The number of aromatic nitrogens is 2. The van der Waals surface area contributed by atoms with Gasteiger partial charge in [0.05, 0.1) is 31.1 Å². The van der Waals surface area contributed by atoms with Crippen molar-refractivity contribution in [1.29, 1.82) is 5.26 Å². The van der Waals surface area contributed by atoms with Gasteiger partial charge in [-0.1, -0.05) is 6.42 Å². The highest BCUT2D eigenvalue weighted by atomic mass is 32.1. The van der Waals surface area contributed by atoms with E-state index in [1.807, 2.05) is 6.92 Å². The number of carbonyl (C=O) groups excluding carboxylic acids is 1. The number of aryl methyl sites for hydroxylation is 1. The summed E-state index contributed by atoms with van der Waals surface area (Å²) in [5.41, 5.74) is 1.82. The fourth-order valence-corrected chi connectivity index (χ4v) is 5.50. The zero-order valence-electron chi connectivity index (χ0n) is 18.1. The second-order valence-electron chi connectivity index (χ2n) is 7.99. The third-order valence-corrected chi connectivity index (χ3v) is 7.35. The van der Waals surface area contributed by atoms with E-state index in [9.17, 15) is 10.1 Å². The number of thiophene rings is 1. The molecular formula is C22H28N6O2S. The number of amides is 1. The Bertz CT molecular complexity index is 977. The normalized spacial score (nSPS) is 17.9. The fourth-order valence-electron chi connectivity index (χ4n) is 4.26. The molecule has 2 aliphatic rings. The van der Waals surface area contributed by atoms with Crippen molar-refractivity contribution in [3.05, 3.63) is 28.4 Å². The van der Waals surface area contributed by atoms with Crippen LogP contribution in [0.1, 0.15) is 42.2 Å². The van der Waals surface area contributed by atoms with E-state index < -0.39 is 0 Å². The van der Waals surface area contributed by atoms with Crippen LogP contribution in [-0.4, -0.2) is 60.1 Å². The highest BCUT2D eigenvalue weighted by Gasteiger charge is 2.28. The minimum Gasteiger partial charge on any atom is -0.480 e. The molecule has 164 valence electrons. The molecule has 2 aromatic rings. The Morgan fingerprint density at radius 2 is 2.00 bits per heavy atom. The topological polar surface area (TPSA) is 94.4 Å². The summed E-state index contributed by atoms with van der Waals surface area (Å²) in [5, 5.41) is 13.5. The maximum absolute atomic E-state index is 13.0. The third kappa shape index (κ3) is 4.65. The smallest absolute Gasteiger partial charge is 0.242 e. The van der Waals surface area contributed by atoms with Gasteiger partial charge in [0, 0.05) is 31.1 Å². The van der Waals surface area contributed by atoms with Gasteiger partial charge in [-0.3, -0.25) is 14.7 Å². The summed E-state index contributed by atoms with van der Waals surface area (Å²) in [4.78, 5) is 27.2. The Balaban J connectivity index is 1.38. The predicted molar refractivity (Wildman–Crippen MR) is 121 cm³/mol. The molecule has 2 aromatic heterocycles. The van der Waals surface area contributed by atoms with Gasteiger partial charge in [0.15, 0.2) is 5.82 Å². The fraction of sp³-hybridized carbons (Fsp3) is 0.545. The van der Waals surface area contributed by atoms with Crippen LogP contribution < -0.4 is 15.0 Å². The van der Waals surface area contributed by atoms with Crippen LogP contribution in [0.2, 0.25) is 0 Å². The van der Waals surface area contributed by atoms with Gasteiger partial charge in [-0.2, -0.15) is 10.2 Å². The molecule has 0 spiro atoms. The molecule has 1 saturated heterocycles. The first-order valence-electron chi connectivity index (χ1n) is 10.8. The van der Waals surface area contributed by atoms with E-state index in [0.717, 1.165) is 68.2 Å². The van der Waals surface area contributed by atoms with Crippen LogP contribution in [0.3, 0.4) is 0 Å². The number of nitrogens with one attached hydrogen (secondary N) is 1. The number of hydrogen-bond acceptors (Lipinski definition) is 8. The van der Waals surface area contributed by atoms with Crippen molar-refractivity contribution in [2.45, 2.75) is 45.1 Å². The van der Waals surface area contributed by atoms with Crippen LogP contribution in [0.25, 0.3) is 0 Å². The van der Waals surface area contributed by atoms with E-state index in [1.54, 1.807) is 30.8 Å². The number of methoxy groups -OCH3 is 1. The van der Waals surface area contributed by atoms with E-state index in [1.165, 1.54) is 11.3 Å². The first-order valence-corrected chi connectivity index (χ1v) is 11.6. The minimum absolute atomic E-state index is 0.0532. The van der Waals surface area contributed by atoms with E-state index >= 15 is 0 Å². The van der Waals surface area contributed by atoms with E-state index in [2.05, 4.69) is 31.2 Å². The number of hydrogen-bond donors (Lipinski definition) is 1. The highest BCUT2D eigenvalue weighted by molar-refractivity contribution is 7.16. The number of ether oxygens (including phenoxy) is 1. The molecule has 0 aromatic carbocycles. The van der Waals surface area contributed by atoms with Crippen molar-refractivity contribution in [3.8, 4) is 11.9 Å². The van der Waals surface area contributed by atoms with Crippen LogP contribution in [0.5, 0.6) is 5.88 Å². The lowest BCUT2D eigenvalue weighted by Crippen LogP contribution is -2.53. The first kappa shape index (κ1) is 21.5. The van der Waals surface area contributed by atoms with Gasteiger partial charge < -0.3 is 15.0 Å². The van der Waals surface area contributed by atoms with Crippen LogP contribution in [0.15, 0.2) is 12.4 Å². The van der Waals surface area contributed by atoms with Crippen LogP contribution >= 0.6 is 11.3 Å². The third-order valence-electron chi connectivity index (χ3n) is 6.14. The lowest BCUT2D eigenvalue weighted by Gasteiger charge is -2.37. The summed E-state index contributed by atoms with van der Waals surface area (Å²) in [6, 6.07) is 2.07. The molecule has 0 bridgehead atoms. The molecule has 9 heteroatoms. The number of nitriles is 1. The van der Waals surface area contributed by atoms with Gasteiger partial charge in [0.2, 0.25) is 11.8 Å².